The van der Waals surface area contributed by atoms with E-state index in [1.165, 1.54) is 10.3 Å². The van der Waals surface area contributed by atoms with Crippen molar-refractivity contribution in [2.24, 2.45) is 5.10 Å². The summed E-state index contributed by atoms with van der Waals surface area (Å²) in [5.41, 5.74) is 3.61. The maximum Gasteiger partial charge on any atom is 0.286 e. The first-order valence-electron chi connectivity index (χ1n) is 14.2. The number of aromatic nitrogens is 3. The second kappa shape index (κ2) is 12.8. The van der Waals surface area contributed by atoms with Gasteiger partial charge in [0, 0.05) is 30.9 Å². The highest BCUT2D eigenvalue weighted by molar-refractivity contribution is 7.90. The van der Waals surface area contributed by atoms with Crippen molar-refractivity contribution in [3.8, 4) is 0 Å². The molecule has 0 saturated carbocycles. The SMILES string of the molecule is [C-]#[N+]/N=C(\Nc1cccc(C2CCCN(c3ncnc4c3ccn4S(=O)(=O)c3ccc(C)cc3)C2)c1)Nc1c(Cl)cccc1Cl. The molecule has 2 N–H and O–H groups in total. The van der Waals surface area contributed by atoms with Gasteiger partial charge in [0.15, 0.2) is 5.65 Å². The van der Waals surface area contributed by atoms with Gasteiger partial charge in [0.1, 0.15) is 17.2 Å². The number of rotatable bonds is 6. The average Bonchev–Trinajstić information content (AvgIpc) is 3.49. The standard InChI is InChI=1S/C32H28Cl2N8O2S/c1-21-11-13-25(14-12-21)45(43,44)42-17-15-26-30(36-20-37-31(26)42)41-16-5-7-23(19-41)22-6-3-8-24(18-22)38-32(40-35-2)39-29-27(33)9-4-10-28(29)34/h3-4,6,8-15,17-18,20,23H,5,7,16,19H2,1H3,(H2,38,39,40). The summed E-state index contributed by atoms with van der Waals surface area (Å²) >= 11 is 12.6. The van der Waals surface area contributed by atoms with Crippen LogP contribution in [0.2, 0.25) is 10.0 Å². The fourth-order valence-corrected chi connectivity index (χ4v) is 7.29. The molecule has 3 aromatic carbocycles. The first-order chi connectivity index (χ1) is 21.7. The van der Waals surface area contributed by atoms with Gasteiger partial charge in [-0.3, -0.25) is 0 Å². The second-order valence-corrected chi connectivity index (χ2v) is 13.3. The Kier molecular flexibility index (Phi) is 8.63. The lowest BCUT2D eigenvalue weighted by Crippen LogP contribution is -2.35. The smallest absolute Gasteiger partial charge is 0.286 e. The van der Waals surface area contributed by atoms with E-state index in [0.717, 1.165) is 36.2 Å². The van der Waals surface area contributed by atoms with Crippen molar-refractivity contribution >= 4 is 67.4 Å². The van der Waals surface area contributed by atoms with Gasteiger partial charge in [0.25, 0.3) is 16.0 Å². The lowest BCUT2D eigenvalue weighted by atomic mass is 9.90. The molecule has 0 bridgehead atoms. The molecule has 0 radical (unpaired) electrons. The normalized spacial score (nSPS) is 15.6. The number of para-hydroxylation sites is 1. The summed E-state index contributed by atoms with van der Waals surface area (Å²) in [7, 11) is -3.83. The maximum atomic E-state index is 13.5. The summed E-state index contributed by atoms with van der Waals surface area (Å²) in [5.74, 6) is 1.07. The lowest BCUT2D eigenvalue weighted by Gasteiger charge is -2.34. The van der Waals surface area contributed by atoms with E-state index in [9.17, 15) is 8.42 Å². The number of nitrogens with zero attached hydrogens (tertiary/aromatic N) is 6. The van der Waals surface area contributed by atoms with Gasteiger partial charge in [-0.25, -0.2) is 22.4 Å². The number of benzene rings is 3. The minimum atomic E-state index is -3.83. The fraction of sp³-hybridized carbons (Fsp3) is 0.188. The molecule has 228 valence electrons. The number of halogens is 2. The van der Waals surface area contributed by atoms with Crippen molar-refractivity contribution in [1.29, 1.82) is 0 Å². The van der Waals surface area contributed by atoms with E-state index in [1.807, 2.05) is 25.1 Å². The molecular weight excluding hydrogens is 631 g/mol. The van der Waals surface area contributed by atoms with Crippen molar-refractivity contribution in [3.63, 3.8) is 0 Å². The van der Waals surface area contributed by atoms with E-state index in [4.69, 9.17) is 29.8 Å². The van der Waals surface area contributed by atoms with Crippen LogP contribution in [0.5, 0.6) is 0 Å². The zero-order valence-electron chi connectivity index (χ0n) is 24.2. The Morgan fingerprint density at radius 2 is 1.78 bits per heavy atom. The quantitative estimate of drug-likeness (QED) is 0.0848. The molecule has 0 spiro atoms. The molecular formula is C32H28Cl2N8O2S. The topological polar surface area (TPSA) is 109 Å². The van der Waals surface area contributed by atoms with Crippen LogP contribution in [0.1, 0.15) is 29.9 Å². The van der Waals surface area contributed by atoms with E-state index in [0.29, 0.717) is 39.1 Å². The molecule has 1 saturated heterocycles. The minimum absolute atomic E-state index is 0.177. The molecule has 13 heteroatoms. The Bertz CT molecular complexity index is 2040. The fourth-order valence-electron chi connectivity index (χ4n) is 5.50. The number of fused-ring (bicyclic) bond motifs is 1. The van der Waals surface area contributed by atoms with Crippen LogP contribution in [0, 0.1) is 13.5 Å². The van der Waals surface area contributed by atoms with Crippen LogP contribution < -0.4 is 15.5 Å². The molecule has 6 rings (SSSR count). The van der Waals surface area contributed by atoms with Crippen LogP contribution in [-0.4, -0.2) is 41.4 Å². The second-order valence-electron chi connectivity index (χ2n) is 10.7. The number of piperidine rings is 1. The summed E-state index contributed by atoms with van der Waals surface area (Å²) in [4.78, 5) is 14.5. The van der Waals surface area contributed by atoms with Gasteiger partial charge in [0.05, 0.1) is 26.0 Å². The van der Waals surface area contributed by atoms with Crippen LogP contribution in [-0.2, 0) is 10.0 Å². The summed E-state index contributed by atoms with van der Waals surface area (Å²) < 4.78 is 28.2. The van der Waals surface area contributed by atoms with E-state index in [1.54, 1.807) is 54.7 Å². The Labute approximate surface area is 271 Å². The summed E-state index contributed by atoms with van der Waals surface area (Å²) in [6, 6.07) is 21.6. The van der Waals surface area contributed by atoms with Crippen LogP contribution in [0.15, 0.2) is 95.3 Å². The Balaban J connectivity index is 1.23. The van der Waals surface area contributed by atoms with Gasteiger partial charge < -0.3 is 15.5 Å². The number of nitrogens with one attached hydrogen (secondary N) is 2. The third-order valence-corrected chi connectivity index (χ3v) is 10.0. The van der Waals surface area contributed by atoms with Crippen molar-refractivity contribution < 1.29 is 8.42 Å². The molecule has 10 nitrogen and oxygen atoms in total. The van der Waals surface area contributed by atoms with Gasteiger partial charge in [-0.05, 0) is 67.8 Å². The van der Waals surface area contributed by atoms with Crippen LogP contribution >= 0.6 is 23.2 Å². The van der Waals surface area contributed by atoms with Gasteiger partial charge in [-0.15, -0.1) is 4.95 Å². The summed E-state index contributed by atoms with van der Waals surface area (Å²) in [5, 5.41) is 11.5. The molecule has 45 heavy (non-hydrogen) atoms. The summed E-state index contributed by atoms with van der Waals surface area (Å²) in [6.07, 6.45) is 4.85. The van der Waals surface area contributed by atoms with E-state index < -0.39 is 10.0 Å². The minimum Gasteiger partial charge on any atom is -0.355 e. The molecule has 1 unspecified atom stereocenters. The van der Waals surface area contributed by atoms with Gasteiger partial charge >= 0.3 is 0 Å². The Morgan fingerprint density at radius 3 is 2.53 bits per heavy atom. The maximum absolute atomic E-state index is 13.5. The number of hydrogen-bond acceptors (Lipinski definition) is 6. The highest BCUT2D eigenvalue weighted by Crippen LogP contribution is 2.34. The van der Waals surface area contributed by atoms with E-state index in [-0.39, 0.29) is 16.8 Å². The molecule has 2 aromatic heterocycles. The predicted molar refractivity (Wildman–Crippen MR) is 180 cm³/mol. The summed E-state index contributed by atoms with van der Waals surface area (Å²) in [6.45, 7) is 10.6. The molecule has 1 aliphatic rings. The molecule has 0 aliphatic carbocycles. The van der Waals surface area contributed by atoms with Crippen LogP contribution in [0.3, 0.4) is 0 Å². The van der Waals surface area contributed by atoms with Crippen molar-refractivity contribution in [1.82, 2.24) is 13.9 Å². The number of aryl methyl sites for hydroxylation is 1. The number of anilines is 3. The Morgan fingerprint density at radius 1 is 1.02 bits per heavy atom. The first-order valence-corrected chi connectivity index (χ1v) is 16.4. The van der Waals surface area contributed by atoms with Crippen LogP contribution in [0.25, 0.3) is 16.0 Å². The molecule has 1 aliphatic heterocycles. The largest absolute Gasteiger partial charge is 0.355 e. The molecule has 3 heterocycles. The highest BCUT2D eigenvalue weighted by Gasteiger charge is 2.27. The van der Waals surface area contributed by atoms with Crippen LogP contribution in [0.4, 0.5) is 17.2 Å². The molecule has 1 fully saturated rings. The zero-order valence-corrected chi connectivity index (χ0v) is 26.5. The van der Waals surface area contributed by atoms with E-state index in [2.05, 4.69) is 41.6 Å². The monoisotopic (exact) mass is 658 g/mol. The van der Waals surface area contributed by atoms with Crippen molar-refractivity contribution in [3.05, 3.63) is 118 Å². The number of guanidine groups is 1. The average molecular weight is 660 g/mol. The number of hydrogen-bond donors (Lipinski definition) is 2. The van der Waals surface area contributed by atoms with Gasteiger partial charge in [0.2, 0.25) is 0 Å². The molecule has 5 aromatic rings. The third kappa shape index (κ3) is 6.31. The van der Waals surface area contributed by atoms with Gasteiger partial charge in [-0.2, -0.15) is 6.57 Å². The first kappa shape index (κ1) is 30.4. The zero-order chi connectivity index (χ0) is 31.6. The molecule has 0 amide bonds. The van der Waals surface area contributed by atoms with E-state index >= 15 is 0 Å². The van der Waals surface area contributed by atoms with Crippen molar-refractivity contribution in [2.75, 3.05) is 28.6 Å². The van der Waals surface area contributed by atoms with Crippen molar-refractivity contribution in [2.45, 2.75) is 30.6 Å². The predicted octanol–water partition coefficient (Wildman–Crippen LogP) is 7.38. The molecule has 1 atom stereocenters. The Hall–Kier alpha value is -4.63. The van der Waals surface area contributed by atoms with Gasteiger partial charge in [-0.1, -0.05) is 59.1 Å². The third-order valence-electron chi connectivity index (χ3n) is 7.70. The highest BCUT2D eigenvalue weighted by atomic mass is 35.5. The lowest BCUT2D eigenvalue weighted by molar-refractivity contribution is 0.508.